The lowest BCUT2D eigenvalue weighted by atomic mass is 10.1. The van der Waals surface area contributed by atoms with Gasteiger partial charge in [-0.1, -0.05) is 48.5 Å². The summed E-state index contributed by atoms with van der Waals surface area (Å²) < 4.78 is 5.42. The number of para-hydroxylation sites is 1. The minimum absolute atomic E-state index is 0.0209. The summed E-state index contributed by atoms with van der Waals surface area (Å²) in [6.45, 7) is 4.24. The van der Waals surface area contributed by atoms with E-state index in [2.05, 4.69) is 46.6 Å². The number of hydrogen-bond acceptors (Lipinski definition) is 4. The molecular formula is C23H24N2O2S. The first-order valence-corrected chi connectivity index (χ1v) is 10.6. The third-order valence-electron chi connectivity index (χ3n) is 4.88. The Bertz CT molecular complexity index is 954. The Morgan fingerprint density at radius 1 is 0.964 bits per heavy atom. The molecule has 28 heavy (non-hydrogen) atoms. The zero-order valence-electron chi connectivity index (χ0n) is 15.8. The van der Waals surface area contributed by atoms with E-state index in [1.54, 1.807) is 11.8 Å². The lowest BCUT2D eigenvalue weighted by molar-refractivity contribution is -0.113. The summed E-state index contributed by atoms with van der Waals surface area (Å²) in [4.78, 5) is 16.0. The summed E-state index contributed by atoms with van der Waals surface area (Å²) in [6.07, 6.45) is 0. The first kappa shape index (κ1) is 19.0. The van der Waals surface area contributed by atoms with E-state index in [1.165, 1.54) is 10.8 Å². The fraction of sp³-hybridized carbons (Fsp3) is 0.261. The summed E-state index contributed by atoms with van der Waals surface area (Å²) in [5.74, 6) is 0.414. The van der Waals surface area contributed by atoms with Crippen LogP contribution in [0.4, 0.5) is 5.69 Å². The van der Waals surface area contributed by atoms with Crippen LogP contribution in [0.15, 0.2) is 71.6 Å². The second kappa shape index (κ2) is 9.24. The number of anilines is 1. The average molecular weight is 393 g/mol. The molecule has 0 saturated carbocycles. The van der Waals surface area contributed by atoms with Gasteiger partial charge in [-0.2, -0.15) is 0 Å². The zero-order valence-corrected chi connectivity index (χ0v) is 16.6. The van der Waals surface area contributed by atoms with Crippen LogP contribution < -0.4 is 5.32 Å². The van der Waals surface area contributed by atoms with Crippen molar-refractivity contribution in [2.24, 2.45) is 0 Å². The molecule has 0 unspecified atom stereocenters. The maximum atomic E-state index is 12.5. The quantitative estimate of drug-likeness (QED) is 0.631. The number of hydrogen-bond donors (Lipinski definition) is 1. The average Bonchev–Trinajstić information content (AvgIpc) is 2.74. The second-order valence-corrected chi connectivity index (χ2v) is 7.94. The topological polar surface area (TPSA) is 41.6 Å². The molecule has 0 aliphatic carbocycles. The minimum Gasteiger partial charge on any atom is -0.379 e. The number of morpholine rings is 1. The monoisotopic (exact) mass is 392 g/mol. The van der Waals surface area contributed by atoms with Gasteiger partial charge in [-0.05, 0) is 34.5 Å². The van der Waals surface area contributed by atoms with Gasteiger partial charge in [0.2, 0.25) is 5.91 Å². The number of ether oxygens (including phenoxy) is 1. The molecule has 0 aromatic heterocycles. The van der Waals surface area contributed by atoms with Gasteiger partial charge in [0.25, 0.3) is 0 Å². The van der Waals surface area contributed by atoms with Gasteiger partial charge in [-0.25, -0.2) is 0 Å². The molecule has 1 amide bonds. The van der Waals surface area contributed by atoms with Crippen LogP contribution in [0.2, 0.25) is 0 Å². The van der Waals surface area contributed by atoms with Crippen molar-refractivity contribution in [3.63, 3.8) is 0 Å². The van der Waals surface area contributed by atoms with E-state index in [-0.39, 0.29) is 5.91 Å². The number of amides is 1. The maximum Gasteiger partial charge on any atom is 0.234 e. The Kier molecular flexibility index (Phi) is 6.27. The van der Waals surface area contributed by atoms with Gasteiger partial charge in [0.15, 0.2) is 0 Å². The van der Waals surface area contributed by atoms with Crippen molar-refractivity contribution in [1.29, 1.82) is 0 Å². The van der Waals surface area contributed by atoms with Crippen LogP contribution in [0.5, 0.6) is 0 Å². The van der Waals surface area contributed by atoms with Crippen LogP contribution in [0.1, 0.15) is 5.56 Å². The molecule has 0 atom stereocenters. The number of nitrogens with one attached hydrogen (secondary N) is 1. The molecule has 5 heteroatoms. The van der Waals surface area contributed by atoms with Gasteiger partial charge in [-0.3, -0.25) is 9.69 Å². The smallest absolute Gasteiger partial charge is 0.234 e. The Hall–Kier alpha value is -2.34. The van der Waals surface area contributed by atoms with Crippen LogP contribution in [0.3, 0.4) is 0 Å². The van der Waals surface area contributed by atoms with Crippen molar-refractivity contribution in [3.8, 4) is 0 Å². The molecule has 0 radical (unpaired) electrons. The Morgan fingerprint density at radius 2 is 1.71 bits per heavy atom. The minimum atomic E-state index is 0.0209. The molecule has 3 aromatic carbocycles. The van der Waals surface area contributed by atoms with E-state index in [4.69, 9.17) is 4.74 Å². The molecule has 1 fully saturated rings. The third kappa shape index (κ3) is 4.93. The molecule has 0 bridgehead atoms. The van der Waals surface area contributed by atoms with Gasteiger partial charge in [0, 0.05) is 30.2 Å². The summed E-state index contributed by atoms with van der Waals surface area (Å²) in [5.41, 5.74) is 2.05. The molecule has 1 aliphatic heterocycles. The van der Waals surface area contributed by atoms with Gasteiger partial charge in [0.1, 0.15) is 0 Å². The number of carbonyl (C=O) groups is 1. The Morgan fingerprint density at radius 3 is 2.57 bits per heavy atom. The lowest BCUT2D eigenvalue weighted by Gasteiger charge is -2.27. The molecule has 1 heterocycles. The largest absolute Gasteiger partial charge is 0.379 e. The van der Waals surface area contributed by atoms with Crippen LogP contribution >= 0.6 is 11.8 Å². The first-order valence-electron chi connectivity index (χ1n) is 9.57. The number of fused-ring (bicyclic) bond motifs is 1. The molecule has 1 N–H and O–H groups in total. The van der Waals surface area contributed by atoms with Gasteiger partial charge < -0.3 is 10.1 Å². The standard InChI is InChI=1S/C23H24N2O2S/c26-23(17-28-21-10-9-18-5-1-2-6-19(18)15-21)24-22-8-4-3-7-20(22)16-25-11-13-27-14-12-25/h1-10,15H,11-14,16-17H2,(H,24,26). The van der Waals surface area contributed by atoms with Crippen molar-refractivity contribution in [3.05, 3.63) is 72.3 Å². The number of benzene rings is 3. The number of carbonyl (C=O) groups excluding carboxylic acids is 1. The highest BCUT2D eigenvalue weighted by atomic mass is 32.2. The zero-order chi connectivity index (χ0) is 19.2. The predicted molar refractivity (Wildman–Crippen MR) is 116 cm³/mol. The highest BCUT2D eigenvalue weighted by molar-refractivity contribution is 8.00. The molecule has 3 aromatic rings. The highest BCUT2D eigenvalue weighted by Crippen LogP contribution is 2.24. The summed E-state index contributed by atoms with van der Waals surface area (Å²) >= 11 is 1.57. The fourth-order valence-electron chi connectivity index (χ4n) is 3.37. The third-order valence-corrected chi connectivity index (χ3v) is 5.87. The second-order valence-electron chi connectivity index (χ2n) is 6.89. The van der Waals surface area contributed by atoms with Crippen LogP contribution in [-0.4, -0.2) is 42.9 Å². The van der Waals surface area contributed by atoms with Crippen molar-refractivity contribution in [1.82, 2.24) is 4.90 Å². The van der Waals surface area contributed by atoms with Crippen molar-refractivity contribution >= 4 is 34.1 Å². The summed E-state index contributed by atoms with van der Waals surface area (Å²) in [6, 6.07) is 22.6. The van der Waals surface area contributed by atoms with Gasteiger partial charge >= 0.3 is 0 Å². The lowest BCUT2D eigenvalue weighted by Crippen LogP contribution is -2.35. The van der Waals surface area contributed by atoms with Gasteiger partial charge in [-0.15, -0.1) is 11.8 Å². The Labute approximate surface area is 169 Å². The molecule has 4 nitrogen and oxygen atoms in total. The normalized spacial score (nSPS) is 14.9. The van der Waals surface area contributed by atoms with Crippen molar-refractivity contribution in [2.75, 3.05) is 37.4 Å². The number of nitrogens with zero attached hydrogens (tertiary/aromatic N) is 1. The molecule has 1 aliphatic rings. The summed E-state index contributed by atoms with van der Waals surface area (Å²) in [7, 11) is 0. The molecule has 0 spiro atoms. The van der Waals surface area contributed by atoms with E-state index < -0.39 is 0 Å². The maximum absolute atomic E-state index is 12.5. The molecular weight excluding hydrogens is 368 g/mol. The molecule has 1 saturated heterocycles. The molecule has 4 rings (SSSR count). The van der Waals surface area contributed by atoms with E-state index >= 15 is 0 Å². The van der Waals surface area contributed by atoms with E-state index in [9.17, 15) is 4.79 Å². The van der Waals surface area contributed by atoms with E-state index in [0.29, 0.717) is 5.75 Å². The van der Waals surface area contributed by atoms with Gasteiger partial charge in [0.05, 0.1) is 19.0 Å². The number of rotatable bonds is 6. The predicted octanol–water partition coefficient (Wildman–Crippen LogP) is 4.40. The van der Waals surface area contributed by atoms with E-state index in [0.717, 1.165) is 49.0 Å². The molecule has 144 valence electrons. The highest BCUT2D eigenvalue weighted by Gasteiger charge is 2.14. The Balaban J connectivity index is 1.36. The van der Waals surface area contributed by atoms with Crippen LogP contribution in [0, 0.1) is 0 Å². The first-order chi connectivity index (χ1) is 13.8. The number of thioether (sulfide) groups is 1. The van der Waals surface area contributed by atoms with Crippen LogP contribution in [0.25, 0.3) is 10.8 Å². The van der Waals surface area contributed by atoms with Crippen molar-refractivity contribution in [2.45, 2.75) is 11.4 Å². The van der Waals surface area contributed by atoms with Crippen molar-refractivity contribution < 1.29 is 9.53 Å². The fourth-order valence-corrected chi connectivity index (χ4v) is 4.12. The van der Waals surface area contributed by atoms with Crippen LogP contribution in [-0.2, 0) is 16.1 Å². The SMILES string of the molecule is O=C(CSc1ccc2ccccc2c1)Nc1ccccc1CN1CCOCC1. The summed E-state index contributed by atoms with van der Waals surface area (Å²) in [5, 5.41) is 5.50. The van der Waals surface area contributed by atoms with E-state index in [1.807, 2.05) is 30.3 Å².